The van der Waals surface area contributed by atoms with E-state index in [0.717, 1.165) is 18.2 Å². The Bertz CT molecular complexity index is 1300. The second kappa shape index (κ2) is 11.6. The molecule has 0 saturated carbocycles. The highest BCUT2D eigenvalue weighted by Crippen LogP contribution is 2.42. The minimum Gasteiger partial charge on any atom is -0.571 e. The van der Waals surface area contributed by atoms with Gasteiger partial charge in [0.15, 0.2) is 29.6 Å². The van der Waals surface area contributed by atoms with E-state index >= 15 is 0 Å². The van der Waals surface area contributed by atoms with Gasteiger partial charge in [0.05, 0.1) is 30.4 Å². The summed E-state index contributed by atoms with van der Waals surface area (Å²) < 4.78 is 27.0. The zero-order chi connectivity index (χ0) is 30.5. The Balaban J connectivity index is 1.55. The number of hydrogen-bond donors (Lipinski definition) is 11. The summed E-state index contributed by atoms with van der Waals surface area (Å²) in [5.41, 5.74) is 0.125. The van der Waals surface area contributed by atoms with Crippen LogP contribution in [0.25, 0.3) is 5.76 Å². The van der Waals surface area contributed by atoms with Crippen molar-refractivity contribution in [3.63, 3.8) is 0 Å². The first-order chi connectivity index (χ1) is 19.9. The summed E-state index contributed by atoms with van der Waals surface area (Å²) in [4.78, 5) is 0. The molecule has 10 atom stereocenters. The largest absolute Gasteiger partial charge is 0.571 e. The molecule has 5 rings (SSSR count). The molecular weight excluding hydrogens is 568 g/mol. The van der Waals surface area contributed by atoms with Gasteiger partial charge in [0.25, 0.3) is 0 Å². The van der Waals surface area contributed by atoms with Crippen LogP contribution in [-0.2, 0) is 18.9 Å². The third-order valence-corrected chi connectivity index (χ3v) is 7.17. The Morgan fingerprint density at radius 1 is 0.857 bits per heavy atom. The molecule has 4 aliphatic rings. The Kier molecular flexibility index (Phi) is 8.26. The van der Waals surface area contributed by atoms with E-state index in [1.807, 2.05) is 0 Å². The number of fused-ring (bicyclic) bond motifs is 1. The highest BCUT2D eigenvalue weighted by Gasteiger charge is 2.50. The van der Waals surface area contributed by atoms with Gasteiger partial charge in [0, 0.05) is 24.3 Å². The number of allylic oxidation sites excluding steroid dienone is 2. The van der Waals surface area contributed by atoms with Crippen LogP contribution < -0.4 is 0 Å². The SMILES string of the molecule is OCC1OC(OC2=C(c3cc(O)c(O)c(O)c3)[OH+]C3C=C(O)C=C(O)C3=C2)C(OC2OCC(O)C(O)C2O)C(O)C1O. The molecular formula is C26H31O16+. The van der Waals surface area contributed by atoms with Gasteiger partial charge in [0.2, 0.25) is 18.2 Å². The van der Waals surface area contributed by atoms with E-state index in [4.69, 9.17) is 18.9 Å². The van der Waals surface area contributed by atoms with Crippen LogP contribution in [0.2, 0.25) is 0 Å². The van der Waals surface area contributed by atoms with Gasteiger partial charge >= 0.3 is 5.76 Å². The number of aliphatic hydroxyl groups excluding tert-OH is 8. The number of aromatic hydroxyl groups is 3. The monoisotopic (exact) mass is 599 g/mol. The predicted octanol–water partition coefficient (Wildman–Crippen LogP) is -2.51. The van der Waals surface area contributed by atoms with Gasteiger partial charge in [-0.25, -0.2) is 0 Å². The van der Waals surface area contributed by atoms with E-state index in [2.05, 4.69) is 4.74 Å². The molecule has 0 amide bonds. The fourth-order valence-electron chi connectivity index (χ4n) is 4.88. The Morgan fingerprint density at radius 3 is 2.21 bits per heavy atom. The number of aliphatic hydroxyl groups is 10. The molecule has 3 aliphatic heterocycles. The summed E-state index contributed by atoms with van der Waals surface area (Å²) in [6, 6.07) is 2.09. The minimum atomic E-state index is -1.82. The predicted molar refractivity (Wildman–Crippen MR) is 135 cm³/mol. The highest BCUT2D eigenvalue weighted by atomic mass is 16.8. The molecule has 3 heterocycles. The van der Waals surface area contributed by atoms with Crippen LogP contribution >= 0.6 is 0 Å². The molecule has 42 heavy (non-hydrogen) atoms. The molecule has 230 valence electrons. The molecule has 10 unspecified atom stereocenters. The smallest absolute Gasteiger partial charge is 0.305 e. The van der Waals surface area contributed by atoms with E-state index in [1.54, 1.807) is 0 Å². The van der Waals surface area contributed by atoms with Crippen LogP contribution in [0.4, 0.5) is 0 Å². The van der Waals surface area contributed by atoms with Crippen molar-refractivity contribution < 1.29 is 79.9 Å². The zero-order valence-corrected chi connectivity index (χ0v) is 21.6. The quantitative estimate of drug-likeness (QED) is 0.119. The van der Waals surface area contributed by atoms with Gasteiger partial charge in [-0.1, -0.05) is 0 Å². The lowest BCUT2D eigenvalue weighted by atomic mass is 9.96. The van der Waals surface area contributed by atoms with Crippen molar-refractivity contribution >= 4 is 5.76 Å². The maximum Gasteiger partial charge on any atom is 0.305 e. The van der Waals surface area contributed by atoms with E-state index < -0.39 is 91.9 Å². The van der Waals surface area contributed by atoms with Gasteiger partial charge in [-0.15, -0.1) is 0 Å². The lowest BCUT2D eigenvalue weighted by molar-refractivity contribution is -0.351. The minimum absolute atomic E-state index is 0.00857. The Hall–Kier alpha value is -3.58. The van der Waals surface area contributed by atoms with Crippen molar-refractivity contribution in [1.82, 2.24) is 0 Å². The van der Waals surface area contributed by atoms with Gasteiger partial charge in [0.1, 0.15) is 48.1 Å². The molecule has 2 fully saturated rings. The Morgan fingerprint density at radius 2 is 1.55 bits per heavy atom. The molecule has 1 aliphatic carbocycles. The van der Waals surface area contributed by atoms with Crippen molar-refractivity contribution in [3.05, 3.63) is 58.8 Å². The third kappa shape index (κ3) is 5.47. The fraction of sp³-hybridized carbons (Fsp3) is 0.462. The first kappa shape index (κ1) is 29.9. The van der Waals surface area contributed by atoms with Crippen molar-refractivity contribution in [2.24, 2.45) is 0 Å². The number of ether oxygens (including phenoxy) is 5. The molecule has 1 aromatic rings. The number of rotatable bonds is 6. The summed E-state index contributed by atoms with van der Waals surface area (Å²) in [5.74, 6) is -3.26. The van der Waals surface area contributed by atoms with Crippen molar-refractivity contribution in [2.45, 2.75) is 61.4 Å². The molecule has 0 aromatic heterocycles. The van der Waals surface area contributed by atoms with Crippen LogP contribution in [-0.4, -0.2) is 136 Å². The highest BCUT2D eigenvalue weighted by molar-refractivity contribution is 5.71. The van der Waals surface area contributed by atoms with Crippen LogP contribution in [0.1, 0.15) is 5.56 Å². The second-order valence-electron chi connectivity index (χ2n) is 10.0. The fourth-order valence-corrected chi connectivity index (χ4v) is 4.88. The summed E-state index contributed by atoms with van der Waals surface area (Å²) in [5, 5.41) is 112. The molecule has 0 spiro atoms. The number of hydrogen-bond acceptors (Lipinski definition) is 15. The summed E-state index contributed by atoms with van der Waals surface area (Å²) in [6.07, 6.45) is -12.2. The van der Waals surface area contributed by atoms with Crippen LogP contribution in [0.3, 0.4) is 0 Å². The number of phenols is 3. The summed E-state index contributed by atoms with van der Waals surface area (Å²) in [6.45, 7) is -1.22. The average molecular weight is 600 g/mol. The van der Waals surface area contributed by atoms with E-state index in [-0.39, 0.29) is 34.2 Å². The van der Waals surface area contributed by atoms with E-state index in [1.165, 1.54) is 12.2 Å². The summed E-state index contributed by atoms with van der Waals surface area (Å²) >= 11 is 0. The normalized spacial score (nSPS) is 36.8. The maximum absolute atomic E-state index is 10.9. The lowest BCUT2D eigenvalue weighted by Gasteiger charge is -2.44. The average Bonchev–Trinajstić information content (AvgIpc) is 2.95. The Labute approximate surface area is 236 Å². The zero-order valence-electron chi connectivity index (χ0n) is 21.6. The second-order valence-corrected chi connectivity index (χ2v) is 10.0. The van der Waals surface area contributed by atoms with Crippen molar-refractivity contribution in [1.29, 1.82) is 0 Å². The first-order valence-electron chi connectivity index (χ1n) is 12.7. The van der Waals surface area contributed by atoms with Gasteiger partial charge in [-0.05, 0) is 0 Å². The van der Waals surface area contributed by atoms with Crippen LogP contribution in [0, 0.1) is 0 Å². The van der Waals surface area contributed by atoms with Crippen molar-refractivity contribution in [2.75, 3.05) is 13.2 Å². The molecule has 16 heteroatoms. The molecule has 0 bridgehead atoms. The van der Waals surface area contributed by atoms with Gasteiger partial charge in [-0.2, -0.15) is 0 Å². The van der Waals surface area contributed by atoms with Crippen LogP contribution in [0.15, 0.2) is 53.2 Å². The topological polar surface area (TPSA) is 272 Å². The van der Waals surface area contributed by atoms with Crippen molar-refractivity contribution in [3.8, 4) is 17.2 Å². The molecule has 1 aromatic carbocycles. The molecule has 16 nitrogen and oxygen atoms in total. The molecule has 12 N–H and O–H groups in total. The lowest BCUT2D eigenvalue weighted by Crippen LogP contribution is -2.63. The van der Waals surface area contributed by atoms with E-state index in [9.17, 15) is 56.2 Å². The standard InChI is InChI=1S/C26H30O16/c27-6-17-20(35)21(36)24(42-25-22(37)19(34)14(32)7-38-25)26(41-17)40-16-5-10-11(29)3-9(28)4-15(10)39-23(16)8-1-12(30)18(33)13(31)2-8/h1-5,14-15,17,19-22,24-37H,6-7H2/p+1. The summed E-state index contributed by atoms with van der Waals surface area (Å²) in [7, 11) is 0. The number of phenolic OH excluding ortho intramolecular Hbond substituents is 3. The molecule has 2 saturated heterocycles. The van der Waals surface area contributed by atoms with Gasteiger partial charge in [-0.3, -0.25) is 0 Å². The maximum atomic E-state index is 10.9. The number of benzene rings is 1. The third-order valence-electron chi connectivity index (χ3n) is 7.17. The molecule has 0 radical (unpaired) electrons. The van der Waals surface area contributed by atoms with Gasteiger partial charge < -0.3 is 79.9 Å². The van der Waals surface area contributed by atoms with E-state index in [0.29, 0.717) is 0 Å². The van der Waals surface area contributed by atoms with Crippen LogP contribution in [0.5, 0.6) is 17.2 Å². The first-order valence-corrected chi connectivity index (χ1v) is 12.7.